The van der Waals surface area contributed by atoms with Crippen molar-refractivity contribution in [1.29, 1.82) is 0 Å². The molecular formula is C18H15FN4S. The summed E-state index contributed by atoms with van der Waals surface area (Å²) in [5, 5.41) is 8.59. The number of hydrogen-bond acceptors (Lipinski definition) is 4. The summed E-state index contributed by atoms with van der Waals surface area (Å²) in [7, 11) is 0. The van der Waals surface area contributed by atoms with Gasteiger partial charge in [-0.2, -0.15) is 4.98 Å². The molecule has 4 nitrogen and oxygen atoms in total. The summed E-state index contributed by atoms with van der Waals surface area (Å²) in [6, 6.07) is 16.5. The van der Waals surface area contributed by atoms with Gasteiger partial charge in [0.1, 0.15) is 11.9 Å². The van der Waals surface area contributed by atoms with E-state index in [1.807, 2.05) is 29.1 Å². The molecule has 0 spiro atoms. The lowest BCUT2D eigenvalue weighted by Gasteiger charge is -2.24. The Bertz CT molecular complexity index is 887. The molecule has 0 amide bonds. The van der Waals surface area contributed by atoms with E-state index >= 15 is 0 Å². The molecule has 1 aliphatic heterocycles. The number of anilines is 1. The molecule has 0 aliphatic carbocycles. The lowest BCUT2D eigenvalue weighted by Crippen LogP contribution is -2.20. The second-order valence-electron chi connectivity index (χ2n) is 5.43. The molecule has 0 unspecified atom stereocenters. The van der Waals surface area contributed by atoms with Gasteiger partial charge in [-0.3, -0.25) is 0 Å². The Morgan fingerprint density at radius 3 is 2.54 bits per heavy atom. The second kappa shape index (κ2) is 6.13. The Hall–Kier alpha value is -2.60. The van der Waals surface area contributed by atoms with E-state index in [0.717, 1.165) is 16.8 Å². The van der Waals surface area contributed by atoms with E-state index in [2.05, 4.69) is 33.6 Å². The first kappa shape index (κ1) is 15.0. The van der Waals surface area contributed by atoms with Gasteiger partial charge in [-0.1, -0.05) is 42.1 Å². The molecule has 1 aliphatic rings. The van der Waals surface area contributed by atoms with Gasteiger partial charge in [0.05, 0.1) is 0 Å². The molecule has 0 bridgehead atoms. The first-order valence-electron chi connectivity index (χ1n) is 7.55. The number of aromatic nitrogens is 3. The highest BCUT2D eigenvalue weighted by molar-refractivity contribution is 7.98. The number of nitrogens with one attached hydrogen (secondary N) is 1. The summed E-state index contributed by atoms with van der Waals surface area (Å²) in [5.41, 5.74) is 2.94. The van der Waals surface area contributed by atoms with Gasteiger partial charge < -0.3 is 5.32 Å². The van der Waals surface area contributed by atoms with E-state index in [9.17, 15) is 4.39 Å². The summed E-state index contributed by atoms with van der Waals surface area (Å²) in [4.78, 5) is 4.53. The van der Waals surface area contributed by atoms with Crippen LogP contribution in [-0.4, -0.2) is 21.0 Å². The zero-order valence-electron chi connectivity index (χ0n) is 13.0. The third kappa shape index (κ3) is 2.69. The van der Waals surface area contributed by atoms with E-state index < -0.39 is 0 Å². The molecule has 2 aromatic carbocycles. The van der Waals surface area contributed by atoms with Gasteiger partial charge in [0.15, 0.2) is 0 Å². The maximum Gasteiger partial charge on any atom is 0.227 e. The summed E-state index contributed by atoms with van der Waals surface area (Å²) in [5.74, 6) is 0.442. The number of rotatable bonds is 3. The van der Waals surface area contributed by atoms with Crippen molar-refractivity contribution in [2.45, 2.75) is 11.2 Å². The lowest BCUT2D eigenvalue weighted by atomic mass is 10.0. The molecule has 0 fully saturated rings. The fourth-order valence-electron chi connectivity index (χ4n) is 2.75. The summed E-state index contributed by atoms with van der Waals surface area (Å²) in [6.45, 7) is 0. The highest BCUT2D eigenvalue weighted by Crippen LogP contribution is 2.33. The minimum Gasteiger partial charge on any atom is -0.324 e. The first-order valence-corrected chi connectivity index (χ1v) is 8.77. The van der Waals surface area contributed by atoms with Crippen LogP contribution in [0.15, 0.2) is 65.8 Å². The Morgan fingerprint density at radius 2 is 1.83 bits per heavy atom. The SMILES string of the molecule is CSc1nc2n(n1)[C@@H](c1ccccc1)C=C(c1ccc(F)cc1)N2. The predicted octanol–water partition coefficient (Wildman–Crippen LogP) is 4.20. The van der Waals surface area contributed by atoms with Crippen LogP contribution in [-0.2, 0) is 0 Å². The van der Waals surface area contributed by atoms with E-state index in [1.165, 1.54) is 23.9 Å². The van der Waals surface area contributed by atoms with Crippen LogP contribution in [0.25, 0.3) is 5.70 Å². The number of fused-ring (bicyclic) bond motifs is 1. The number of nitrogens with zero attached hydrogens (tertiary/aromatic N) is 3. The van der Waals surface area contributed by atoms with Gasteiger partial charge in [0.2, 0.25) is 11.1 Å². The van der Waals surface area contributed by atoms with Crippen LogP contribution in [0, 0.1) is 5.82 Å². The van der Waals surface area contributed by atoms with Crippen molar-refractivity contribution in [1.82, 2.24) is 14.8 Å². The molecule has 4 rings (SSSR count). The van der Waals surface area contributed by atoms with E-state index in [4.69, 9.17) is 0 Å². The molecule has 0 radical (unpaired) electrons. The highest BCUT2D eigenvalue weighted by Gasteiger charge is 2.24. The summed E-state index contributed by atoms with van der Waals surface area (Å²) < 4.78 is 15.1. The van der Waals surface area contributed by atoms with Gasteiger partial charge >= 0.3 is 0 Å². The van der Waals surface area contributed by atoms with Gasteiger partial charge in [-0.25, -0.2) is 9.07 Å². The minimum absolute atomic E-state index is 0.0593. The molecule has 120 valence electrons. The molecule has 3 aromatic rings. The van der Waals surface area contributed by atoms with Gasteiger partial charge in [-0.15, -0.1) is 5.10 Å². The molecular weight excluding hydrogens is 323 g/mol. The largest absolute Gasteiger partial charge is 0.324 e. The average Bonchev–Trinajstić information content (AvgIpc) is 3.05. The average molecular weight is 338 g/mol. The van der Waals surface area contributed by atoms with E-state index in [0.29, 0.717) is 11.1 Å². The van der Waals surface area contributed by atoms with Crippen LogP contribution in [0.2, 0.25) is 0 Å². The first-order chi connectivity index (χ1) is 11.7. The fourth-order valence-corrected chi connectivity index (χ4v) is 3.09. The van der Waals surface area contributed by atoms with Crippen LogP contribution in [0.5, 0.6) is 0 Å². The predicted molar refractivity (Wildman–Crippen MR) is 94.4 cm³/mol. The Morgan fingerprint density at radius 1 is 1.08 bits per heavy atom. The maximum absolute atomic E-state index is 13.2. The van der Waals surface area contributed by atoms with Crippen molar-refractivity contribution >= 4 is 23.4 Å². The van der Waals surface area contributed by atoms with Gasteiger partial charge in [-0.05, 0) is 47.7 Å². The topological polar surface area (TPSA) is 42.7 Å². The zero-order chi connectivity index (χ0) is 16.5. The number of thioether (sulfide) groups is 1. The molecule has 6 heteroatoms. The monoisotopic (exact) mass is 338 g/mol. The number of benzene rings is 2. The Labute approximate surface area is 143 Å². The van der Waals surface area contributed by atoms with E-state index in [1.54, 1.807) is 12.1 Å². The molecule has 0 saturated carbocycles. The van der Waals surface area contributed by atoms with Crippen molar-refractivity contribution in [2.24, 2.45) is 0 Å². The molecule has 2 heterocycles. The van der Waals surface area contributed by atoms with Crippen molar-refractivity contribution < 1.29 is 4.39 Å². The van der Waals surface area contributed by atoms with Gasteiger partial charge in [0, 0.05) is 5.70 Å². The van der Waals surface area contributed by atoms with Crippen molar-refractivity contribution in [2.75, 3.05) is 11.6 Å². The maximum atomic E-state index is 13.2. The highest BCUT2D eigenvalue weighted by atomic mass is 32.2. The number of hydrogen-bond donors (Lipinski definition) is 1. The third-order valence-electron chi connectivity index (χ3n) is 3.93. The molecule has 1 aromatic heterocycles. The van der Waals surface area contributed by atoms with Crippen LogP contribution in [0.1, 0.15) is 17.2 Å². The summed E-state index contributed by atoms with van der Waals surface area (Å²) in [6.07, 6.45) is 4.04. The smallest absolute Gasteiger partial charge is 0.227 e. The van der Waals surface area contributed by atoms with Crippen LogP contribution in [0.3, 0.4) is 0 Å². The third-order valence-corrected chi connectivity index (χ3v) is 4.46. The van der Waals surface area contributed by atoms with Crippen LogP contribution < -0.4 is 5.32 Å². The van der Waals surface area contributed by atoms with Crippen LogP contribution in [0.4, 0.5) is 10.3 Å². The molecule has 0 saturated heterocycles. The summed E-state index contributed by atoms with van der Waals surface area (Å²) >= 11 is 1.50. The fraction of sp³-hybridized carbons (Fsp3) is 0.111. The van der Waals surface area contributed by atoms with Gasteiger partial charge in [0.25, 0.3) is 0 Å². The number of allylic oxidation sites excluding steroid dienone is 1. The van der Waals surface area contributed by atoms with Crippen molar-refractivity contribution in [3.63, 3.8) is 0 Å². The molecule has 1 atom stereocenters. The zero-order valence-corrected chi connectivity index (χ0v) is 13.8. The second-order valence-corrected chi connectivity index (χ2v) is 6.21. The normalized spacial score (nSPS) is 16.2. The van der Waals surface area contributed by atoms with Crippen molar-refractivity contribution in [3.05, 3.63) is 77.6 Å². The quantitative estimate of drug-likeness (QED) is 0.727. The number of halogens is 1. The Kier molecular flexibility index (Phi) is 3.82. The minimum atomic E-state index is -0.248. The lowest BCUT2D eigenvalue weighted by molar-refractivity contribution is 0.598. The standard InChI is InChI=1S/C18H15FN4S/c1-24-18-21-17-20-15(12-7-9-14(19)10-8-12)11-16(23(17)22-18)13-5-3-2-4-6-13/h2-11,16H,1H3,(H,20,21,22)/t16-/m1/s1. The van der Waals surface area contributed by atoms with E-state index in [-0.39, 0.29) is 11.9 Å². The Balaban J connectivity index is 1.82. The van der Waals surface area contributed by atoms with Crippen molar-refractivity contribution in [3.8, 4) is 0 Å². The molecule has 1 N–H and O–H groups in total. The van der Waals surface area contributed by atoms with Crippen LogP contribution >= 0.6 is 11.8 Å². The molecule has 24 heavy (non-hydrogen) atoms.